The van der Waals surface area contributed by atoms with E-state index in [0.29, 0.717) is 23.5 Å². The van der Waals surface area contributed by atoms with Crippen molar-refractivity contribution in [3.63, 3.8) is 0 Å². The van der Waals surface area contributed by atoms with Gasteiger partial charge in [-0.2, -0.15) is 10.2 Å². The fourth-order valence-corrected chi connectivity index (χ4v) is 2.09. The molecule has 2 heterocycles. The quantitative estimate of drug-likeness (QED) is 0.771. The molecule has 3 aromatic rings. The van der Waals surface area contributed by atoms with Gasteiger partial charge in [-0.1, -0.05) is 52.0 Å². The number of H-pyrrole nitrogens is 2. The van der Waals surface area contributed by atoms with Crippen LogP contribution in [0, 0.1) is 0 Å². The minimum absolute atomic E-state index is 0.336. The van der Waals surface area contributed by atoms with Crippen molar-refractivity contribution in [3.05, 3.63) is 35.9 Å². The molecule has 6 heteroatoms. The molecule has 3 rings (SSSR count). The lowest BCUT2D eigenvalue weighted by molar-refractivity contribution is 0.781. The van der Waals surface area contributed by atoms with Gasteiger partial charge in [0, 0.05) is 23.0 Å². The van der Waals surface area contributed by atoms with Gasteiger partial charge in [0.15, 0.2) is 11.6 Å². The summed E-state index contributed by atoms with van der Waals surface area (Å²) in [6.45, 7) is 8.35. The topological polar surface area (TPSA) is 83.1 Å². The van der Waals surface area contributed by atoms with Crippen LogP contribution in [-0.2, 0) is 0 Å². The summed E-state index contributed by atoms with van der Waals surface area (Å²) >= 11 is 0. The van der Waals surface area contributed by atoms with Crippen molar-refractivity contribution >= 4 is 0 Å². The summed E-state index contributed by atoms with van der Waals surface area (Å²) in [7, 11) is 0. The normalized spacial score (nSPS) is 11.5. The third-order valence-electron chi connectivity index (χ3n) is 3.50. The predicted octanol–water partition coefficient (Wildman–Crippen LogP) is 3.50. The van der Waals surface area contributed by atoms with Gasteiger partial charge < -0.3 is 0 Å². The molecule has 0 bridgehead atoms. The molecular formula is C16H20N6. The summed E-state index contributed by atoms with van der Waals surface area (Å²) in [4.78, 5) is 9.01. The van der Waals surface area contributed by atoms with Gasteiger partial charge in [-0.15, -0.1) is 0 Å². The lowest BCUT2D eigenvalue weighted by Gasteiger charge is -1.99. The highest BCUT2D eigenvalue weighted by molar-refractivity contribution is 5.62. The largest absolute Gasteiger partial charge is 0.262 e. The Labute approximate surface area is 129 Å². The van der Waals surface area contributed by atoms with Gasteiger partial charge in [-0.05, 0) is 0 Å². The molecule has 0 aliphatic heterocycles. The first kappa shape index (κ1) is 14.4. The minimum atomic E-state index is 0.336. The first-order chi connectivity index (χ1) is 10.5. The molecule has 0 radical (unpaired) electrons. The van der Waals surface area contributed by atoms with E-state index in [4.69, 9.17) is 0 Å². The maximum absolute atomic E-state index is 4.51. The van der Waals surface area contributed by atoms with E-state index in [2.05, 4.69) is 58.1 Å². The predicted molar refractivity (Wildman–Crippen MR) is 85.4 cm³/mol. The Kier molecular flexibility index (Phi) is 3.75. The lowest BCUT2D eigenvalue weighted by Crippen LogP contribution is -1.89. The summed E-state index contributed by atoms with van der Waals surface area (Å²) in [5.41, 5.74) is 1.96. The molecule has 0 amide bonds. The van der Waals surface area contributed by atoms with Crippen LogP contribution in [0.25, 0.3) is 22.8 Å². The van der Waals surface area contributed by atoms with E-state index in [1.807, 2.05) is 24.3 Å². The number of rotatable bonds is 4. The van der Waals surface area contributed by atoms with Gasteiger partial charge in [-0.25, -0.2) is 9.97 Å². The highest BCUT2D eigenvalue weighted by Crippen LogP contribution is 2.22. The van der Waals surface area contributed by atoms with E-state index in [1.54, 1.807) is 0 Å². The first-order valence-corrected chi connectivity index (χ1v) is 7.50. The van der Waals surface area contributed by atoms with Crippen LogP contribution in [0.2, 0.25) is 0 Å². The summed E-state index contributed by atoms with van der Waals surface area (Å²) in [5.74, 6) is 3.90. The Hall–Kier alpha value is -2.50. The molecule has 0 spiro atoms. The fraction of sp³-hybridized carbons (Fsp3) is 0.375. The summed E-state index contributed by atoms with van der Waals surface area (Å²) in [6.07, 6.45) is 0. The standard InChI is InChI=1S/C16H20N6/c1-9(2)13-17-15(21-19-13)11-5-7-12(8-6-11)16-18-14(10(3)4)20-22-16/h5-10H,1-4H3,(H,17,19,21)(H,18,20,22). The van der Waals surface area contributed by atoms with Crippen molar-refractivity contribution in [1.82, 2.24) is 30.4 Å². The minimum Gasteiger partial charge on any atom is -0.262 e. The molecule has 1 aromatic carbocycles. The summed E-state index contributed by atoms with van der Waals surface area (Å²) in [5, 5.41) is 14.5. The Morgan fingerprint density at radius 1 is 0.682 bits per heavy atom. The van der Waals surface area contributed by atoms with Crippen molar-refractivity contribution in [2.45, 2.75) is 39.5 Å². The molecule has 6 nitrogen and oxygen atoms in total. The average molecular weight is 296 g/mol. The zero-order valence-corrected chi connectivity index (χ0v) is 13.3. The molecule has 22 heavy (non-hydrogen) atoms. The van der Waals surface area contributed by atoms with Crippen LogP contribution in [-0.4, -0.2) is 30.4 Å². The third kappa shape index (κ3) is 2.77. The van der Waals surface area contributed by atoms with Gasteiger partial charge in [0.1, 0.15) is 11.6 Å². The van der Waals surface area contributed by atoms with Crippen LogP contribution in [0.4, 0.5) is 0 Å². The van der Waals surface area contributed by atoms with Crippen LogP contribution in [0.15, 0.2) is 24.3 Å². The second-order valence-corrected chi connectivity index (χ2v) is 5.98. The number of nitrogens with zero attached hydrogens (tertiary/aromatic N) is 4. The number of hydrogen-bond donors (Lipinski definition) is 2. The molecule has 0 atom stereocenters. The summed E-state index contributed by atoms with van der Waals surface area (Å²) < 4.78 is 0. The fourth-order valence-electron chi connectivity index (χ4n) is 2.09. The van der Waals surface area contributed by atoms with Gasteiger partial charge in [0.05, 0.1) is 0 Å². The van der Waals surface area contributed by atoms with Gasteiger partial charge in [0.2, 0.25) is 0 Å². The lowest BCUT2D eigenvalue weighted by atomic mass is 10.1. The van der Waals surface area contributed by atoms with Crippen molar-refractivity contribution in [2.24, 2.45) is 0 Å². The highest BCUT2D eigenvalue weighted by Gasteiger charge is 2.11. The molecule has 0 aliphatic carbocycles. The van der Waals surface area contributed by atoms with Gasteiger partial charge >= 0.3 is 0 Å². The summed E-state index contributed by atoms with van der Waals surface area (Å²) in [6, 6.07) is 7.98. The number of benzene rings is 1. The number of aromatic nitrogens is 6. The second kappa shape index (κ2) is 5.71. The molecule has 2 N–H and O–H groups in total. The molecular weight excluding hydrogens is 276 g/mol. The monoisotopic (exact) mass is 296 g/mol. The van der Waals surface area contributed by atoms with E-state index < -0.39 is 0 Å². The van der Waals surface area contributed by atoms with Crippen LogP contribution in [0.3, 0.4) is 0 Å². The first-order valence-electron chi connectivity index (χ1n) is 7.50. The van der Waals surface area contributed by atoms with Crippen LogP contribution < -0.4 is 0 Å². The van der Waals surface area contributed by atoms with Crippen molar-refractivity contribution in [3.8, 4) is 22.8 Å². The van der Waals surface area contributed by atoms with Crippen LogP contribution >= 0.6 is 0 Å². The van der Waals surface area contributed by atoms with E-state index in [1.165, 1.54) is 0 Å². The van der Waals surface area contributed by atoms with E-state index >= 15 is 0 Å². The second-order valence-electron chi connectivity index (χ2n) is 5.98. The van der Waals surface area contributed by atoms with E-state index in [9.17, 15) is 0 Å². The Morgan fingerprint density at radius 2 is 1.05 bits per heavy atom. The highest BCUT2D eigenvalue weighted by atomic mass is 15.2. The molecule has 0 saturated carbocycles. The van der Waals surface area contributed by atoms with Crippen LogP contribution in [0.1, 0.15) is 51.2 Å². The molecule has 2 aromatic heterocycles. The van der Waals surface area contributed by atoms with E-state index in [0.717, 1.165) is 22.8 Å². The molecule has 0 saturated heterocycles. The number of aromatic amines is 2. The maximum Gasteiger partial charge on any atom is 0.181 e. The van der Waals surface area contributed by atoms with Crippen molar-refractivity contribution in [2.75, 3.05) is 0 Å². The zero-order chi connectivity index (χ0) is 15.7. The number of nitrogens with one attached hydrogen (secondary N) is 2. The average Bonchev–Trinajstić information content (AvgIpc) is 3.17. The third-order valence-corrected chi connectivity index (χ3v) is 3.50. The van der Waals surface area contributed by atoms with Crippen molar-refractivity contribution in [1.29, 1.82) is 0 Å². The maximum atomic E-state index is 4.51. The molecule has 0 fully saturated rings. The smallest absolute Gasteiger partial charge is 0.181 e. The van der Waals surface area contributed by atoms with Crippen LogP contribution in [0.5, 0.6) is 0 Å². The zero-order valence-electron chi connectivity index (χ0n) is 13.3. The Morgan fingerprint density at radius 3 is 1.32 bits per heavy atom. The van der Waals surface area contributed by atoms with Gasteiger partial charge in [-0.3, -0.25) is 10.2 Å². The Balaban J connectivity index is 1.85. The SMILES string of the molecule is CC(C)c1nc(-c2ccc(-c3n[nH]c(C(C)C)n3)cc2)n[nH]1. The molecule has 0 aliphatic rings. The van der Waals surface area contributed by atoms with Gasteiger partial charge in [0.25, 0.3) is 0 Å². The molecule has 114 valence electrons. The van der Waals surface area contributed by atoms with Crippen molar-refractivity contribution < 1.29 is 0 Å². The molecule has 0 unspecified atom stereocenters. The van der Waals surface area contributed by atoms with E-state index in [-0.39, 0.29) is 0 Å². The number of hydrogen-bond acceptors (Lipinski definition) is 4. The Bertz CT molecular complexity index is 686.